The van der Waals surface area contributed by atoms with Gasteiger partial charge in [-0.05, 0) is 12.3 Å². The SMILES string of the molecule is CC(c1nn[nH]n1)N1C(=O)C2C(C1=O)C2(C)C. The minimum absolute atomic E-state index is 0.109. The van der Waals surface area contributed by atoms with Gasteiger partial charge in [-0.3, -0.25) is 14.5 Å². The molecule has 3 unspecified atom stereocenters. The van der Waals surface area contributed by atoms with Gasteiger partial charge in [0.05, 0.1) is 11.8 Å². The van der Waals surface area contributed by atoms with Crippen LogP contribution in [0.3, 0.4) is 0 Å². The van der Waals surface area contributed by atoms with E-state index in [-0.39, 0.29) is 29.1 Å². The van der Waals surface area contributed by atoms with Crippen molar-refractivity contribution in [2.45, 2.75) is 26.8 Å². The number of amides is 2. The normalized spacial score (nSPS) is 31.6. The van der Waals surface area contributed by atoms with Crippen LogP contribution in [-0.4, -0.2) is 37.3 Å². The molecule has 1 saturated heterocycles. The first-order valence-corrected chi connectivity index (χ1v) is 5.56. The Morgan fingerprint density at radius 2 is 1.88 bits per heavy atom. The number of nitrogens with zero attached hydrogens (tertiary/aromatic N) is 4. The molecule has 90 valence electrons. The van der Waals surface area contributed by atoms with Crippen molar-refractivity contribution in [3.8, 4) is 0 Å². The van der Waals surface area contributed by atoms with Gasteiger partial charge in [-0.1, -0.05) is 19.1 Å². The molecule has 0 radical (unpaired) electrons. The molecule has 2 heterocycles. The van der Waals surface area contributed by atoms with E-state index >= 15 is 0 Å². The Labute approximate surface area is 97.6 Å². The maximum Gasteiger partial charge on any atom is 0.234 e. The number of carbonyl (C=O) groups is 2. The highest BCUT2D eigenvalue weighted by atomic mass is 16.2. The summed E-state index contributed by atoms with van der Waals surface area (Å²) in [5.74, 6) is -0.177. The van der Waals surface area contributed by atoms with Gasteiger partial charge in [0.15, 0.2) is 5.82 Å². The second-order valence-corrected chi connectivity index (χ2v) is 5.27. The summed E-state index contributed by atoms with van der Waals surface area (Å²) in [6.45, 7) is 5.64. The van der Waals surface area contributed by atoms with Crippen LogP contribution in [-0.2, 0) is 9.59 Å². The molecule has 1 aliphatic heterocycles. The Hall–Kier alpha value is -1.79. The van der Waals surface area contributed by atoms with E-state index in [1.165, 1.54) is 4.90 Å². The molecule has 1 aliphatic carbocycles. The Balaban J connectivity index is 1.88. The van der Waals surface area contributed by atoms with Gasteiger partial charge in [0.2, 0.25) is 11.8 Å². The first-order valence-electron chi connectivity index (χ1n) is 5.56. The summed E-state index contributed by atoms with van der Waals surface area (Å²) < 4.78 is 0. The van der Waals surface area contributed by atoms with E-state index in [9.17, 15) is 9.59 Å². The average molecular weight is 235 g/mol. The van der Waals surface area contributed by atoms with Crippen molar-refractivity contribution in [1.82, 2.24) is 25.5 Å². The van der Waals surface area contributed by atoms with E-state index in [0.717, 1.165) is 0 Å². The number of piperidine rings is 1. The molecule has 7 heteroatoms. The number of aromatic amines is 1. The minimum atomic E-state index is -0.447. The van der Waals surface area contributed by atoms with Crippen LogP contribution in [0, 0.1) is 17.3 Å². The summed E-state index contributed by atoms with van der Waals surface area (Å²) >= 11 is 0. The van der Waals surface area contributed by atoms with Gasteiger partial charge in [-0.2, -0.15) is 5.21 Å². The number of imide groups is 1. The lowest BCUT2D eigenvalue weighted by Crippen LogP contribution is -2.38. The van der Waals surface area contributed by atoms with E-state index in [4.69, 9.17) is 0 Å². The summed E-state index contributed by atoms with van der Waals surface area (Å²) in [5.41, 5.74) is -0.179. The molecule has 0 bridgehead atoms. The van der Waals surface area contributed by atoms with Crippen molar-refractivity contribution in [1.29, 1.82) is 0 Å². The van der Waals surface area contributed by atoms with Crippen LogP contribution < -0.4 is 0 Å². The van der Waals surface area contributed by atoms with Gasteiger partial charge >= 0.3 is 0 Å². The molecule has 7 nitrogen and oxygen atoms in total. The van der Waals surface area contributed by atoms with E-state index < -0.39 is 6.04 Å². The lowest BCUT2D eigenvalue weighted by atomic mass is 10.0. The number of aromatic nitrogens is 4. The highest BCUT2D eigenvalue weighted by Gasteiger charge is 2.73. The molecule has 2 aliphatic rings. The van der Waals surface area contributed by atoms with Gasteiger partial charge in [0, 0.05) is 0 Å². The number of hydrogen-bond acceptors (Lipinski definition) is 5. The Morgan fingerprint density at radius 3 is 2.35 bits per heavy atom. The van der Waals surface area contributed by atoms with Crippen molar-refractivity contribution in [3.05, 3.63) is 5.82 Å². The van der Waals surface area contributed by atoms with Crippen molar-refractivity contribution >= 4 is 11.8 Å². The predicted molar refractivity (Wildman–Crippen MR) is 55.2 cm³/mol. The van der Waals surface area contributed by atoms with Gasteiger partial charge in [0.25, 0.3) is 0 Å². The van der Waals surface area contributed by atoms with Crippen LogP contribution in [0.5, 0.6) is 0 Å². The molecule has 3 atom stereocenters. The van der Waals surface area contributed by atoms with Gasteiger partial charge < -0.3 is 0 Å². The summed E-state index contributed by atoms with van der Waals surface area (Å²) in [6, 6.07) is -0.447. The molecule has 1 aromatic heterocycles. The van der Waals surface area contributed by atoms with Crippen LogP contribution in [0.4, 0.5) is 0 Å². The summed E-state index contributed by atoms with van der Waals surface area (Å²) in [7, 11) is 0. The summed E-state index contributed by atoms with van der Waals surface area (Å²) in [4.78, 5) is 25.5. The molecule has 1 saturated carbocycles. The maximum atomic E-state index is 12.1. The van der Waals surface area contributed by atoms with E-state index in [0.29, 0.717) is 5.82 Å². The number of H-pyrrole nitrogens is 1. The Kier molecular flexibility index (Phi) is 1.77. The molecule has 2 amide bonds. The van der Waals surface area contributed by atoms with Crippen molar-refractivity contribution in [2.75, 3.05) is 0 Å². The Bertz CT molecular complexity index is 471. The zero-order chi connectivity index (χ0) is 12.4. The quantitative estimate of drug-likeness (QED) is 0.723. The molecule has 0 spiro atoms. The fourth-order valence-electron chi connectivity index (χ4n) is 2.81. The third-order valence-corrected chi connectivity index (χ3v) is 3.96. The number of hydrogen-bond donors (Lipinski definition) is 1. The molecule has 3 rings (SSSR count). The average Bonchev–Trinajstić information content (AvgIpc) is 2.68. The third kappa shape index (κ3) is 1.13. The van der Waals surface area contributed by atoms with Crippen molar-refractivity contribution < 1.29 is 9.59 Å². The topological polar surface area (TPSA) is 91.8 Å². The van der Waals surface area contributed by atoms with Gasteiger partial charge in [-0.25, -0.2) is 0 Å². The fraction of sp³-hybridized carbons (Fsp3) is 0.700. The summed E-state index contributed by atoms with van der Waals surface area (Å²) in [5, 5.41) is 13.4. The minimum Gasteiger partial charge on any atom is -0.274 e. The zero-order valence-corrected chi connectivity index (χ0v) is 9.84. The van der Waals surface area contributed by atoms with Crippen LogP contribution in [0.1, 0.15) is 32.6 Å². The van der Waals surface area contributed by atoms with Crippen molar-refractivity contribution in [2.24, 2.45) is 17.3 Å². The molecule has 1 aromatic rings. The number of rotatable bonds is 2. The second kappa shape index (κ2) is 2.91. The lowest BCUT2D eigenvalue weighted by molar-refractivity contribution is -0.145. The standard InChI is InChI=1S/C10H13N5O2/c1-4(7-11-13-14-12-7)15-8(16)5-6(9(15)17)10(5,2)3/h4-6H,1-3H3,(H,11,12,13,14). The lowest BCUT2D eigenvalue weighted by Gasteiger charge is -2.24. The van der Waals surface area contributed by atoms with Crippen LogP contribution in [0.15, 0.2) is 0 Å². The fourth-order valence-corrected chi connectivity index (χ4v) is 2.81. The smallest absolute Gasteiger partial charge is 0.234 e. The largest absolute Gasteiger partial charge is 0.274 e. The molecule has 2 fully saturated rings. The van der Waals surface area contributed by atoms with Crippen LogP contribution >= 0.6 is 0 Å². The number of nitrogens with one attached hydrogen (secondary N) is 1. The van der Waals surface area contributed by atoms with Crippen LogP contribution in [0.25, 0.3) is 0 Å². The van der Waals surface area contributed by atoms with E-state index in [1.807, 2.05) is 13.8 Å². The van der Waals surface area contributed by atoms with Gasteiger partial charge in [0.1, 0.15) is 6.04 Å². The first kappa shape index (κ1) is 10.4. The van der Waals surface area contributed by atoms with Crippen molar-refractivity contribution in [3.63, 3.8) is 0 Å². The maximum absolute atomic E-state index is 12.1. The number of carbonyl (C=O) groups excluding carboxylic acids is 2. The molecule has 1 N–H and O–H groups in total. The van der Waals surface area contributed by atoms with E-state index in [2.05, 4.69) is 20.6 Å². The number of fused-ring (bicyclic) bond motifs is 1. The highest BCUT2D eigenvalue weighted by Crippen LogP contribution is 2.64. The summed E-state index contributed by atoms with van der Waals surface area (Å²) in [6.07, 6.45) is 0. The van der Waals surface area contributed by atoms with Crippen LogP contribution in [0.2, 0.25) is 0 Å². The monoisotopic (exact) mass is 235 g/mol. The third-order valence-electron chi connectivity index (χ3n) is 3.96. The highest BCUT2D eigenvalue weighted by molar-refractivity contribution is 6.10. The second-order valence-electron chi connectivity index (χ2n) is 5.27. The predicted octanol–water partition coefficient (Wildman–Crippen LogP) is -0.0983. The van der Waals surface area contributed by atoms with Gasteiger partial charge in [-0.15, -0.1) is 10.2 Å². The number of likely N-dealkylation sites (tertiary alicyclic amines) is 1. The first-order chi connectivity index (χ1) is 7.96. The molecule has 17 heavy (non-hydrogen) atoms. The van der Waals surface area contributed by atoms with E-state index in [1.54, 1.807) is 6.92 Å². The molecular formula is C10H13N5O2. The number of tetrazole rings is 1. The molecule has 0 aromatic carbocycles. The molecular weight excluding hydrogens is 222 g/mol. The zero-order valence-electron chi connectivity index (χ0n) is 9.84. The Morgan fingerprint density at radius 1 is 1.29 bits per heavy atom.